The molecule has 0 fully saturated rings. The Bertz CT molecular complexity index is 897. The van der Waals surface area contributed by atoms with E-state index in [0.29, 0.717) is 22.6 Å². The number of ketones is 1. The average molecular weight is 323 g/mol. The number of halogens is 1. The third-order valence-electron chi connectivity index (χ3n) is 3.49. The van der Waals surface area contributed by atoms with Crippen LogP contribution in [0.5, 0.6) is 0 Å². The van der Waals surface area contributed by atoms with Gasteiger partial charge in [0.25, 0.3) is 5.91 Å². The number of hydrogen-bond acceptors (Lipinski definition) is 3. The van der Waals surface area contributed by atoms with Gasteiger partial charge in [0.2, 0.25) is 0 Å². The molecule has 0 bridgehead atoms. The van der Waals surface area contributed by atoms with Crippen LogP contribution in [0, 0.1) is 5.82 Å². The number of rotatable bonds is 4. The smallest absolute Gasteiger partial charge is 0.291 e. The minimum Gasteiger partial charge on any atom is -0.451 e. The first-order valence-electron chi connectivity index (χ1n) is 7.31. The van der Waals surface area contributed by atoms with Crippen molar-refractivity contribution in [3.63, 3.8) is 0 Å². The maximum absolute atomic E-state index is 12.9. The van der Waals surface area contributed by atoms with Crippen LogP contribution in [0.2, 0.25) is 0 Å². The minimum atomic E-state index is -0.427. The molecule has 0 atom stereocenters. The highest BCUT2D eigenvalue weighted by Gasteiger charge is 2.13. The second kappa shape index (κ2) is 6.50. The molecule has 4 nitrogen and oxygen atoms in total. The van der Waals surface area contributed by atoms with Crippen molar-refractivity contribution in [3.8, 4) is 11.3 Å². The number of hydrogen-bond donors (Lipinski definition) is 1. The number of carbonyl (C=O) groups is 2. The van der Waals surface area contributed by atoms with Gasteiger partial charge in [-0.2, -0.15) is 0 Å². The lowest BCUT2D eigenvalue weighted by Gasteiger charge is -2.04. The molecule has 24 heavy (non-hydrogen) atoms. The molecule has 1 amide bonds. The minimum absolute atomic E-state index is 0.0808. The summed E-state index contributed by atoms with van der Waals surface area (Å²) in [6, 6.07) is 15.7. The van der Waals surface area contributed by atoms with E-state index in [4.69, 9.17) is 4.42 Å². The van der Waals surface area contributed by atoms with Crippen LogP contribution >= 0.6 is 0 Å². The van der Waals surface area contributed by atoms with Gasteiger partial charge in [0.1, 0.15) is 11.6 Å². The molecule has 2 aromatic carbocycles. The van der Waals surface area contributed by atoms with E-state index in [1.807, 2.05) is 0 Å². The third kappa shape index (κ3) is 3.41. The zero-order valence-electron chi connectivity index (χ0n) is 12.9. The van der Waals surface area contributed by atoms with Crippen LogP contribution in [0.25, 0.3) is 11.3 Å². The van der Waals surface area contributed by atoms with E-state index in [0.717, 1.165) is 0 Å². The molecule has 1 aromatic heterocycles. The van der Waals surface area contributed by atoms with Crippen molar-refractivity contribution in [1.82, 2.24) is 0 Å². The van der Waals surface area contributed by atoms with Gasteiger partial charge >= 0.3 is 0 Å². The maximum atomic E-state index is 12.9. The molecule has 120 valence electrons. The van der Waals surface area contributed by atoms with Gasteiger partial charge in [0.15, 0.2) is 11.5 Å². The molecule has 1 heterocycles. The average Bonchev–Trinajstić information content (AvgIpc) is 3.06. The number of nitrogens with one attached hydrogen (secondary N) is 1. The highest BCUT2D eigenvalue weighted by atomic mass is 19.1. The Kier molecular flexibility index (Phi) is 4.24. The molecule has 0 saturated heterocycles. The van der Waals surface area contributed by atoms with E-state index in [2.05, 4.69) is 5.32 Å². The summed E-state index contributed by atoms with van der Waals surface area (Å²) in [4.78, 5) is 23.6. The number of amides is 1. The second-order valence-electron chi connectivity index (χ2n) is 5.26. The summed E-state index contributed by atoms with van der Waals surface area (Å²) in [7, 11) is 0. The molecule has 3 rings (SSSR count). The van der Waals surface area contributed by atoms with Crippen molar-refractivity contribution in [2.45, 2.75) is 6.92 Å². The van der Waals surface area contributed by atoms with Crippen LogP contribution in [-0.4, -0.2) is 11.7 Å². The first-order valence-corrected chi connectivity index (χ1v) is 7.31. The molecule has 0 aliphatic heterocycles. The molecule has 0 aliphatic rings. The molecule has 1 N–H and O–H groups in total. The molecule has 0 unspecified atom stereocenters. The lowest BCUT2D eigenvalue weighted by Crippen LogP contribution is -2.11. The van der Waals surface area contributed by atoms with Gasteiger partial charge in [0, 0.05) is 16.8 Å². The fourth-order valence-corrected chi connectivity index (χ4v) is 2.24. The van der Waals surface area contributed by atoms with E-state index in [-0.39, 0.29) is 17.4 Å². The van der Waals surface area contributed by atoms with E-state index < -0.39 is 5.91 Å². The summed E-state index contributed by atoms with van der Waals surface area (Å²) in [6.45, 7) is 1.46. The lowest BCUT2D eigenvalue weighted by molar-refractivity contribution is 0.0992. The Hall–Kier alpha value is -3.21. The first-order chi connectivity index (χ1) is 11.5. The van der Waals surface area contributed by atoms with Gasteiger partial charge in [0.05, 0.1) is 0 Å². The third-order valence-corrected chi connectivity index (χ3v) is 3.49. The first kappa shape index (κ1) is 15.7. The van der Waals surface area contributed by atoms with E-state index >= 15 is 0 Å². The fraction of sp³-hybridized carbons (Fsp3) is 0.0526. The Labute approximate surface area is 137 Å². The van der Waals surface area contributed by atoms with Crippen LogP contribution in [0.15, 0.2) is 65.1 Å². The largest absolute Gasteiger partial charge is 0.451 e. The van der Waals surface area contributed by atoms with Gasteiger partial charge in [-0.1, -0.05) is 12.1 Å². The van der Waals surface area contributed by atoms with Crippen molar-refractivity contribution < 1.29 is 18.4 Å². The van der Waals surface area contributed by atoms with Crippen LogP contribution in [-0.2, 0) is 0 Å². The van der Waals surface area contributed by atoms with Gasteiger partial charge in [-0.3, -0.25) is 9.59 Å². The lowest BCUT2D eigenvalue weighted by atomic mass is 10.1. The van der Waals surface area contributed by atoms with Crippen molar-refractivity contribution in [1.29, 1.82) is 0 Å². The van der Waals surface area contributed by atoms with Gasteiger partial charge in [-0.05, 0) is 55.5 Å². The molecule has 0 aliphatic carbocycles. The molecule has 3 aromatic rings. The van der Waals surface area contributed by atoms with Gasteiger partial charge in [-0.15, -0.1) is 0 Å². The molecule has 0 radical (unpaired) electrons. The SMILES string of the molecule is CC(=O)c1cccc(NC(=O)c2ccc(-c3ccc(F)cc3)o2)c1. The van der Waals surface area contributed by atoms with Gasteiger partial charge in [-0.25, -0.2) is 4.39 Å². The summed E-state index contributed by atoms with van der Waals surface area (Å²) >= 11 is 0. The summed E-state index contributed by atoms with van der Waals surface area (Å²) in [6.07, 6.45) is 0. The standard InChI is InChI=1S/C19H14FNO3/c1-12(22)14-3-2-4-16(11-14)21-19(23)18-10-9-17(24-18)13-5-7-15(20)8-6-13/h2-11H,1H3,(H,21,23). The van der Waals surface area contributed by atoms with Crippen LogP contribution in [0.1, 0.15) is 27.8 Å². The van der Waals surface area contributed by atoms with Crippen molar-refractivity contribution in [2.24, 2.45) is 0 Å². The van der Waals surface area contributed by atoms with E-state index in [9.17, 15) is 14.0 Å². The number of Topliss-reactive ketones (excluding diaryl/α,β-unsaturated/α-hetero) is 1. The topological polar surface area (TPSA) is 59.3 Å². The Balaban J connectivity index is 1.77. The number of benzene rings is 2. The Morgan fingerprint density at radius 1 is 1.00 bits per heavy atom. The van der Waals surface area contributed by atoms with Crippen LogP contribution in [0.4, 0.5) is 10.1 Å². The molecule has 0 spiro atoms. The molecule has 0 saturated carbocycles. The quantitative estimate of drug-likeness (QED) is 0.717. The normalized spacial score (nSPS) is 10.4. The van der Waals surface area contributed by atoms with Crippen LogP contribution in [0.3, 0.4) is 0 Å². The molecular weight excluding hydrogens is 309 g/mol. The number of furan rings is 1. The number of anilines is 1. The molecule has 5 heteroatoms. The monoisotopic (exact) mass is 323 g/mol. The van der Waals surface area contributed by atoms with Crippen molar-refractivity contribution in [2.75, 3.05) is 5.32 Å². The predicted octanol–water partition coefficient (Wildman–Crippen LogP) is 4.54. The summed E-state index contributed by atoms with van der Waals surface area (Å²) in [5.41, 5.74) is 1.70. The summed E-state index contributed by atoms with van der Waals surface area (Å²) in [5.74, 6) is -0.249. The summed E-state index contributed by atoms with van der Waals surface area (Å²) < 4.78 is 18.5. The Morgan fingerprint density at radius 3 is 2.46 bits per heavy atom. The van der Waals surface area contributed by atoms with Crippen LogP contribution < -0.4 is 5.32 Å². The van der Waals surface area contributed by atoms with Crippen molar-refractivity contribution in [3.05, 3.63) is 77.8 Å². The number of carbonyl (C=O) groups excluding carboxylic acids is 2. The Morgan fingerprint density at radius 2 is 1.75 bits per heavy atom. The van der Waals surface area contributed by atoms with Gasteiger partial charge < -0.3 is 9.73 Å². The van der Waals surface area contributed by atoms with E-state index in [1.54, 1.807) is 48.5 Å². The highest BCUT2D eigenvalue weighted by molar-refractivity contribution is 6.03. The second-order valence-corrected chi connectivity index (χ2v) is 5.26. The predicted molar refractivity (Wildman–Crippen MR) is 88.5 cm³/mol. The molecular formula is C19H14FNO3. The highest BCUT2D eigenvalue weighted by Crippen LogP contribution is 2.23. The van der Waals surface area contributed by atoms with Crippen molar-refractivity contribution >= 4 is 17.4 Å². The summed E-state index contributed by atoms with van der Waals surface area (Å²) in [5, 5.41) is 2.68. The van der Waals surface area contributed by atoms with E-state index in [1.165, 1.54) is 19.1 Å². The fourth-order valence-electron chi connectivity index (χ4n) is 2.24. The zero-order valence-corrected chi connectivity index (χ0v) is 12.9. The zero-order chi connectivity index (χ0) is 17.1. The maximum Gasteiger partial charge on any atom is 0.291 e.